The summed E-state index contributed by atoms with van der Waals surface area (Å²) in [7, 11) is 0. The molecule has 0 aromatic heterocycles. The SMILES string of the molecule is CC(N)CC(=O)N[C@@H](CC(=O)OC(C)(C)C)C(=O)O. The summed E-state index contributed by atoms with van der Waals surface area (Å²) in [5.41, 5.74) is 4.73. The fourth-order valence-corrected chi connectivity index (χ4v) is 1.30. The van der Waals surface area contributed by atoms with Gasteiger partial charge < -0.3 is 20.9 Å². The second-order valence-corrected chi connectivity index (χ2v) is 5.43. The lowest BCUT2D eigenvalue weighted by molar-refractivity contribution is -0.158. The van der Waals surface area contributed by atoms with Gasteiger partial charge in [-0.25, -0.2) is 4.79 Å². The Morgan fingerprint density at radius 2 is 1.79 bits per heavy atom. The largest absolute Gasteiger partial charge is 0.480 e. The van der Waals surface area contributed by atoms with Gasteiger partial charge in [0.25, 0.3) is 0 Å². The zero-order chi connectivity index (χ0) is 15.2. The van der Waals surface area contributed by atoms with Crippen LogP contribution < -0.4 is 11.1 Å². The smallest absolute Gasteiger partial charge is 0.326 e. The normalized spacial score (nSPS) is 14.4. The molecule has 2 atom stereocenters. The van der Waals surface area contributed by atoms with Crippen molar-refractivity contribution in [3.8, 4) is 0 Å². The summed E-state index contributed by atoms with van der Waals surface area (Å²) in [6.45, 7) is 6.66. The third kappa shape index (κ3) is 9.01. The van der Waals surface area contributed by atoms with E-state index in [1.807, 2.05) is 0 Å². The first-order valence-electron chi connectivity index (χ1n) is 6.01. The van der Waals surface area contributed by atoms with E-state index in [2.05, 4.69) is 5.32 Å². The summed E-state index contributed by atoms with van der Waals surface area (Å²) in [5, 5.41) is 11.2. The number of carbonyl (C=O) groups is 3. The molecule has 0 aliphatic rings. The first-order chi connectivity index (χ1) is 8.51. The fourth-order valence-electron chi connectivity index (χ4n) is 1.30. The van der Waals surface area contributed by atoms with Gasteiger partial charge in [0.05, 0.1) is 6.42 Å². The number of carboxylic acids is 1. The number of amides is 1. The van der Waals surface area contributed by atoms with Gasteiger partial charge in [-0.15, -0.1) is 0 Å². The molecule has 7 heteroatoms. The van der Waals surface area contributed by atoms with E-state index in [-0.39, 0.29) is 12.5 Å². The van der Waals surface area contributed by atoms with Gasteiger partial charge in [0.1, 0.15) is 11.6 Å². The highest BCUT2D eigenvalue weighted by Crippen LogP contribution is 2.09. The van der Waals surface area contributed by atoms with Crippen LogP contribution in [-0.4, -0.2) is 40.6 Å². The molecule has 0 aromatic rings. The predicted octanol–water partition coefficient (Wildman–Crippen LogP) is 0.0249. The predicted molar refractivity (Wildman–Crippen MR) is 68.3 cm³/mol. The van der Waals surface area contributed by atoms with E-state index in [0.29, 0.717) is 0 Å². The molecule has 0 heterocycles. The van der Waals surface area contributed by atoms with Crippen molar-refractivity contribution in [2.45, 2.75) is 58.2 Å². The first-order valence-corrected chi connectivity index (χ1v) is 6.01. The number of rotatable bonds is 6. The van der Waals surface area contributed by atoms with E-state index in [0.717, 1.165) is 0 Å². The Hall–Kier alpha value is -1.63. The lowest BCUT2D eigenvalue weighted by atomic mass is 10.1. The van der Waals surface area contributed by atoms with Crippen molar-refractivity contribution in [3.63, 3.8) is 0 Å². The number of aliphatic carboxylic acids is 1. The zero-order valence-corrected chi connectivity index (χ0v) is 11.7. The molecule has 0 aliphatic carbocycles. The third-order valence-electron chi connectivity index (χ3n) is 1.93. The van der Waals surface area contributed by atoms with Crippen LogP contribution in [0.1, 0.15) is 40.5 Å². The molecule has 0 saturated heterocycles. The van der Waals surface area contributed by atoms with Crippen molar-refractivity contribution in [2.75, 3.05) is 0 Å². The van der Waals surface area contributed by atoms with E-state index in [1.54, 1.807) is 27.7 Å². The van der Waals surface area contributed by atoms with E-state index >= 15 is 0 Å². The number of ether oxygens (including phenoxy) is 1. The van der Waals surface area contributed by atoms with Gasteiger partial charge in [-0.2, -0.15) is 0 Å². The van der Waals surface area contributed by atoms with Crippen molar-refractivity contribution in [1.29, 1.82) is 0 Å². The Bertz CT molecular complexity index is 347. The highest BCUT2D eigenvalue weighted by Gasteiger charge is 2.26. The van der Waals surface area contributed by atoms with Gasteiger partial charge in [0.2, 0.25) is 5.91 Å². The van der Waals surface area contributed by atoms with Crippen LogP contribution in [0.5, 0.6) is 0 Å². The second-order valence-electron chi connectivity index (χ2n) is 5.43. The van der Waals surface area contributed by atoms with Crippen LogP contribution in [0.15, 0.2) is 0 Å². The molecule has 0 rings (SSSR count). The molecular formula is C12H22N2O5. The van der Waals surface area contributed by atoms with Gasteiger partial charge >= 0.3 is 11.9 Å². The van der Waals surface area contributed by atoms with E-state index in [9.17, 15) is 14.4 Å². The second kappa shape index (κ2) is 7.08. The van der Waals surface area contributed by atoms with Crippen LogP contribution in [0.25, 0.3) is 0 Å². The Morgan fingerprint density at radius 3 is 2.16 bits per heavy atom. The molecule has 1 amide bonds. The van der Waals surface area contributed by atoms with Crippen molar-refractivity contribution in [1.82, 2.24) is 5.32 Å². The monoisotopic (exact) mass is 274 g/mol. The molecule has 0 radical (unpaired) electrons. The highest BCUT2D eigenvalue weighted by atomic mass is 16.6. The van der Waals surface area contributed by atoms with Crippen LogP contribution >= 0.6 is 0 Å². The molecular weight excluding hydrogens is 252 g/mol. The van der Waals surface area contributed by atoms with Gasteiger partial charge in [-0.05, 0) is 27.7 Å². The fraction of sp³-hybridized carbons (Fsp3) is 0.750. The van der Waals surface area contributed by atoms with Crippen LogP contribution in [-0.2, 0) is 19.1 Å². The summed E-state index contributed by atoms with van der Waals surface area (Å²) in [6, 6.07) is -1.68. The number of nitrogens with one attached hydrogen (secondary N) is 1. The van der Waals surface area contributed by atoms with Crippen LogP contribution in [0, 0.1) is 0 Å². The Balaban J connectivity index is 4.47. The van der Waals surface area contributed by atoms with Gasteiger partial charge in [-0.1, -0.05) is 0 Å². The average molecular weight is 274 g/mol. The number of hydrogen-bond acceptors (Lipinski definition) is 5. The van der Waals surface area contributed by atoms with Gasteiger partial charge in [-0.3, -0.25) is 9.59 Å². The summed E-state index contributed by atoms with van der Waals surface area (Å²) < 4.78 is 5.00. The Labute approximate surface area is 112 Å². The molecule has 0 saturated carbocycles. The number of esters is 1. The van der Waals surface area contributed by atoms with E-state index < -0.39 is 35.9 Å². The standard InChI is InChI=1S/C12H22N2O5/c1-7(13)5-9(15)14-8(11(17)18)6-10(16)19-12(2,3)4/h7-8H,5-6,13H2,1-4H3,(H,14,15)(H,17,18)/t7?,8-/m0/s1. The number of carbonyl (C=O) groups excluding carboxylic acids is 2. The molecule has 0 aromatic carbocycles. The van der Waals surface area contributed by atoms with Crippen molar-refractivity contribution < 1.29 is 24.2 Å². The maximum atomic E-state index is 11.5. The Morgan fingerprint density at radius 1 is 1.26 bits per heavy atom. The quantitative estimate of drug-likeness (QED) is 0.588. The molecule has 7 nitrogen and oxygen atoms in total. The Kier molecular flexibility index (Phi) is 6.47. The van der Waals surface area contributed by atoms with Gasteiger partial charge in [0, 0.05) is 12.5 Å². The van der Waals surface area contributed by atoms with Crippen LogP contribution in [0.4, 0.5) is 0 Å². The minimum absolute atomic E-state index is 0.00189. The summed E-state index contributed by atoms with van der Waals surface area (Å²) in [5.74, 6) is -2.48. The van der Waals surface area contributed by atoms with Crippen molar-refractivity contribution >= 4 is 17.8 Å². The number of hydrogen-bond donors (Lipinski definition) is 3. The minimum atomic E-state index is -1.30. The zero-order valence-electron chi connectivity index (χ0n) is 11.7. The first kappa shape index (κ1) is 17.4. The molecule has 0 bridgehead atoms. The van der Waals surface area contributed by atoms with E-state index in [1.165, 1.54) is 0 Å². The highest BCUT2D eigenvalue weighted by molar-refractivity contribution is 5.87. The average Bonchev–Trinajstić information content (AvgIpc) is 2.11. The molecule has 0 aliphatic heterocycles. The summed E-state index contributed by atoms with van der Waals surface area (Å²) in [4.78, 5) is 33.9. The molecule has 110 valence electrons. The lowest BCUT2D eigenvalue weighted by Gasteiger charge is -2.21. The maximum Gasteiger partial charge on any atom is 0.326 e. The third-order valence-corrected chi connectivity index (χ3v) is 1.93. The topological polar surface area (TPSA) is 119 Å². The van der Waals surface area contributed by atoms with Gasteiger partial charge in [0.15, 0.2) is 0 Å². The maximum absolute atomic E-state index is 11.5. The molecule has 0 spiro atoms. The van der Waals surface area contributed by atoms with Crippen LogP contribution in [0.3, 0.4) is 0 Å². The van der Waals surface area contributed by atoms with E-state index in [4.69, 9.17) is 15.6 Å². The minimum Gasteiger partial charge on any atom is -0.480 e. The number of carboxylic acid groups (broad SMARTS) is 1. The summed E-state index contributed by atoms with van der Waals surface area (Å²) >= 11 is 0. The molecule has 19 heavy (non-hydrogen) atoms. The lowest BCUT2D eigenvalue weighted by Crippen LogP contribution is -2.44. The van der Waals surface area contributed by atoms with Crippen molar-refractivity contribution in [3.05, 3.63) is 0 Å². The molecule has 4 N–H and O–H groups in total. The summed E-state index contributed by atoms with van der Waals surface area (Å²) in [6.07, 6.45) is -0.421. The van der Waals surface area contributed by atoms with Crippen molar-refractivity contribution in [2.24, 2.45) is 5.73 Å². The van der Waals surface area contributed by atoms with Crippen LogP contribution in [0.2, 0.25) is 0 Å². The molecule has 0 fully saturated rings. The number of nitrogens with two attached hydrogens (primary N) is 1. The molecule has 1 unspecified atom stereocenters.